The molecular weight excluding hydrogens is 409 g/mol. The van der Waals surface area contributed by atoms with Crippen LogP contribution in [-0.4, -0.2) is 33.9 Å². The van der Waals surface area contributed by atoms with Crippen LogP contribution >= 0.6 is 11.3 Å². The van der Waals surface area contributed by atoms with Crippen LogP contribution in [-0.2, 0) is 11.3 Å². The monoisotopic (exact) mass is 432 g/mol. The van der Waals surface area contributed by atoms with E-state index < -0.39 is 24.2 Å². The van der Waals surface area contributed by atoms with E-state index in [1.54, 1.807) is 13.1 Å². The van der Waals surface area contributed by atoms with Gasteiger partial charge < -0.3 is 5.43 Å². The molecule has 1 saturated carbocycles. The molecule has 2 aromatic rings. The fourth-order valence-electron chi connectivity index (χ4n) is 2.89. The summed E-state index contributed by atoms with van der Waals surface area (Å²) in [5.74, 6) is 0. The molecule has 1 fully saturated rings. The smallest absolute Gasteiger partial charge is 0.305 e. The summed E-state index contributed by atoms with van der Waals surface area (Å²) in [6.45, 7) is 6.54. The first kappa shape index (κ1) is 21.6. The lowest BCUT2D eigenvalue weighted by molar-refractivity contribution is -0.325. The van der Waals surface area contributed by atoms with Crippen molar-refractivity contribution in [2.45, 2.75) is 65.0 Å². The molecule has 0 unspecified atom stereocenters. The summed E-state index contributed by atoms with van der Waals surface area (Å²) >= 11 is 1.15. The highest BCUT2D eigenvalue weighted by Gasteiger charge is 2.31. The van der Waals surface area contributed by atoms with Gasteiger partial charge in [0, 0.05) is 11.6 Å². The van der Waals surface area contributed by atoms with Crippen molar-refractivity contribution in [2.24, 2.45) is 5.10 Å². The number of rotatable bonds is 6. The number of hydrazone groups is 1. The molecule has 1 N–H and O–H groups in total. The van der Waals surface area contributed by atoms with E-state index in [-0.39, 0.29) is 18.1 Å². The lowest BCUT2D eigenvalue weighted by Crippen LogP contribution is -2.40. The first-order valence-corrected chi connectivity index (χ1v) is 10.00. The van der Waals surface area contributed by atoms with Gasteiger partial charge in [-0.2, -0.15) is 5.10 Å². The maximum absolute atomic E-state index is 13.0. The molecule has 1 aliphatic rings. The fourth-order valence-corrected chi connectivity index (χ4v) is 4.08. The van der Waals surface area contributed by atoms with Crippen molar-refractivity contribution in [2.75, 3.05) is 6.61 Å². The number of aromatic nitrogens is 2. The first-order valence-electron chi connectivity index (χ1n) is 9.18. The molecule has 29 heavy (non-hydrogen) atoms. The zero-order chi connectivity index (χ0) is 21.6. The van der Waals surface area contributed by atoms with Crippen LogP contribution in [0.5, 0.6) is 0 Å². The highest BCUT2D eigenvalue weighted by atomic mass is 32.1. The van der Waals surface area contributed by atoms with Crippen LogP contribution in [0.3, 0.4) is 0 Å². The molecule has 0 saturated heterocycles. The van der Waals surface area contributed by atoms with Crippen molar-refractivity contribution < 1.29 is 17.9 Å². The summed E-state index contributed by atoms with van der Waals surface area (Å²) in [5, 5.41) is 4.52. The van der Waals surface area contributed by atoms with Crippen LogP contribution in [0.1, 0.15) is 50.1 Å². The van der Waals surface area contributed by atoms with Crippen molar-refractivity contribution in [1.29, 1.82) is 0 Å². The Balaban J connectivity index is 2.09. The Kier molecular flexibility index (Phi) is 5.65. The lowest BCUT2D eigenvalue weighted by Gasteiger charge is -2.16. The van der Waals surface area contributed by atoms with Gasteiger partial charge in [0.15, 0.2) is 0 Å². The lowest BCUT2D eigenvalue weighted by atomic mass is 10.1. The third kappa shape index (κ3) is 4.89. The molecule has 0 atom stereocenters. The second-order valence-electron chi connectivity index (χ2n) is 8.03. The number of aryl methyl sites for hydroxylation is 1. The second-order valence-corrected chi connectivity index (χ2v) is 9.06. The van der Waals surface area contributed by atoms with E-state index in [0.717, 1.165) is 15.9 Å². The molecule has 11 heteroatoms. The minimum atomic E-state index is -4.78. The normalized spacial score (nSPS) is 15.6. The van der Waals surface area contributed by atoms with Gasteiger partial charge in [-0.05, 0) is 46.1 Å². The Labute approximate surface area is 168 Å². The Bertz CT molecular complexity index is 1060. The predicted octanol–water partition coefficient (Wildman–Crippen LogP) is 3.13. The standard InChI is InChI=1S/C18H23F3N4O3S/c1-10-12(9-22-23-17(2,3)4)29-15-13(10)14(26)25(11-5-6-11)16(27)24(15)7-8-28-18(19,20)21/h9,11,23H,5-8H2,1-4H3. The maximum Gasteiger partial charge on any atom is 0.522 e. The van der Waals surface area contributed by atoms with Crippen molar-refractivity contribution >= 4 is 27.8 Å². The van der Waals surface area contributed by atoms with Gasteiger partial charge in [0.1, 0.15) is 4.83 Å². The third-order valence-corrected chi connectivity index (χ3v) is 5.60. The van der Waals surface area contributed by atoms with E-state index in [9.17, 15) is 22.8 Å². The Hall–Kier alpha value is -2.14. The highest BCUT2D eigenvalue weighted by Crippen LogP contribution is 2.34. The topological polar surface area (TPSA) is 77.6 Å². The average Bonchev–Trinajstić information content (AvgIpc) is 3.33. The molecule has 0 amide bonds. The van der Waals surface area contributed by atoms with Gasteiger partial charge in [0.25, 0.3) is 5.56 Å². The van der Waals surface area contributed by atoms with Gasteiger partial charge >= 0.3 is 12.1 Å². The molecular formula is C18H23F3N4O3S. The molecule has 2 heterocycles. The largest absolute Gasteiger partial charge is 0.522 e. The molecule has 1 aliphatic carbocycles. The fraction of sp³-hybridized carbons (Fsp3) is 0.611. The van der Waals surface area contributed by atoms with Crippen molar-refractivity contribution in [3.63, 3.8) is 0 Å². The number of hydrogen-bond donors (Lipinski definition) is 1. The van der Waals surface area contributed by atoms with Crippen molar-refractivity contribution in [1.82, 2.24) is 14.6 Å². The number of thiophene rings is 1. The summed E-state index contributed by atoms with van der Waals surface area (Å²) in [4.78, 5) is 26.8. The minimum Gasteiger partial charge on any atom is -0.305 e. The first-order chi connectivity index (χ1) is 13.4. The molecule has 0 radical (unpaired) electrons. The Morgan fingerprint density at radius 3 is 2.48 bits per heavy atom. The van der Waals surface area contributed by atoms with Crippen LogP contribution in [0, 0.1) is 6.92 Å². The second kappa shape index (κ2) is 7.60. The van der Waals surface area contributed by atoms with Gasteiger partial charge in [-0.15, -0.1) is 24.5 Å². The van der Waals surface area contributed by atoms with Crippen molar-refractivity contribution in [3.05, 3.63) is 31.3 Å². The van der Waals surface area contributed by atoms with Gasteiger partial charge in [-0.1, -0.05) is 0 Å². The number of alkyl halides is 3. The molecule has 0 aromatic carbocycles. The van der Waals surface area contributed by atoms with Crippen molar-refractivity contribution in [3.8, 4) is 0 Å². The summed E-state index contributed by atoms with van der Waals surface area (Å²) in [5.41, 5.74) is 2.34. The summed E-state index contributed by atoms with van der Waals surface area (Å²) < 4.78 is 43.3. The Morgan fingerprint density at radius 1 is 1.28 bits per heavy atom. The molecule has 7 nitrogen and oxygen atoms in total. The van der Waals surface area contributed by atoms with E-state index in [1.165, 1.54) is 4.57 Å². The van der Waals surface area contributed by atoms with Gasteiger partial charge in [0.05, 0.1) is 29.6 Å². The molecule has 0 bridgehead atoms. The molecule has 160 valence electrons. The highest BCUT2D eigenvalue weighted by molar-refractivity contribution is 7.20. The van der Waals surface area contributed by atoms with Crippen LogP contribution in [0.2, 0.25) is 0 Å². The summed E-state index contributed by atoms with van der Waals surface area (Å²) in [7, 11) is 0. The van der Waals surface area contributed by atoms with Gasteiger partial charge in [-0.3, -0.25) is 18.7 Å². The predicted molar refractivity (Wildman–Crippen MR) is 106 cm³/mol. The van der Waals surface area contributed by atoms with Gasteiger partial charge in [0.2, 0.25) is 0 Å². The van der Waals surface area contributed by atoms with Crippen LogP contribution in [0.15, 0.2) is 14.7 Å². The molecule has 0 aliphatic heterocycles. The number of hydrogen-bond acceptors (Lipinski definition) is 6. The molecule has 3 rings (SSSR count). The average molecular weight is 432 g/mol. The summed E-state index contributed by atoms with van der Waals surface area (Å²) in [6, 6.07) is -0.201. The van der Waals surface area contributed by atoms with E-state index in [1.807, 2.05) is 20.8 Å². The number of halogens is 3. The van der Waals surface area contributed by atoms with Crippen LogP contribution in [0.4, 0.5) is 13.2 Å². The van der Waals surface area contributed by atoms with E-state index in [4.69, 9.17) is 0 Å². The Morgan fingerprint density at radius 2 is 1.93 bits per heavy atom. The van der Waals surface area contributed by atoms with E-state index >= 15 is 0 Å². The minimum absolute atomic E-state index is 0.201. The van der Waals surface area contributed by atoms with Crippen LogP contribution in [0.25, 0.3) is 10.2 Å². The molecule has 0 spiro atoms. The zero-order valence-electron chi connectivity index (χ0n) is 16.6. The zero-order valence-corrected chi connectivity index (χ0v) is 17.4. The number of fused-ring (bicyclic) bond motifs is 1. The molecule has 2 aromatic heterocycles. The summed E-state index contributed by atoms with van der Waals surface area (Å²) in [6.07, 6.45) is -1.82. The van der Waals surface area contributed by atoms with E-state index in [0.29, 0.717) is 33.5 Å². The SMILES string of the molecule is Cc1c(C=NNC(C)(C)C)sc2c1c(=O)n(C1CC1)c(=O)n2CCOC(F)(F)F. The van der Waals surface area contributed by atoms with Gasteiger partial charge in [-0.25, -0.2) is 4.79 Å². The van der Waals surface area contributed by atoms with Crippen LogP contribution < -0.4 is 16.7 Å². The quantitative estimate of drug-likeness (QED) is 0.562. The number of ether oxygens (including phenoxy) is 1. The third-order valence-electron chi connectivity index (χ3n) is 4.35. The maximum atomic E-state index is 13.0. The number of nitrogens with zero attached hydrogens (tertiary/aromatic N) is 3. The van der Waals surface area contributed by atoms with E-state index in [2.05, 4.69) is 15.3 Å². The number of nitrogens with one attached hydrogen (secondary N) is 1.